The van der Waals surface area contributed by atoms with E-state index in [0.29, 0.717) is 0 Å². The second-order valence-corrected chi connectivity index (χ2v) is 4.22. The van der Waals surface area contributed by atoms with Crippen molar-refractivity contribution in [2.75, 3.05) is 13.7 Å². The summed E-state index contributed by atoms with van der Waals surface area (Å²) in [5, 5.41) is 0. The summed E-state index contributed by atoms with van der Waals surface area (Å²) in [7, 11) is 1.80. The molecule has 1 nitrogen and oxygen atoms in total. The molecule has 0 saturated heterocycles. The van der Waals surface area contributed by atoms with E-state index < -0.39 is 0 Å². The maximum atomic E-state index is 5.17. The molecule has 1 rings (SSSR count). The fourth-order valence-corrected chi connectivity index (χ4v) is 2.04. The number of methoxy groups -OCH3 is 1. The summed E-state index contributed by atoms with van der Waals surface area (Å²) in [4.78, 5) is 0. The Hall–Kier alpha value is -0.0400. The lowest BCUT2D eigenvalue weighted by molar-refractivity contribution is 0.116. The highest BCUT2D eigenvalue weighted by molar-refractivity contribution is 4.84. The molecule has 1 aliphatic rings. The largest absolute Gasteiger partial charge is 0.384 e. The van der Waals surface area contributed by atoms with Crippen LogP contribution in [0.3, 0.4) is 0 Å². The normalized spacial score (nSPS) is 33.2. The van der Waals surface area contributed by atoms with Gasteiger partial charge in [0.05, 0.1) is 0 Å². The molecule has 0 spiro atoms. The molecule has 12 heavy (non-hydrogen) atoms. The Labute approximate surface area is 76.5 Å². The summed E-state index contributed by atoms with van der Waals surface area (Å²) in [6, 6.07) is 0. The molecule has 0 N–H and O–H groups in total. The van der Waals surface area contributed by atoms with Crippen LogP contribution >= 0.6 is 0 Å². The first-order valence-corrected chi connectivity index (χ1v) is 5.06. The van der Waals surface area contributed by atoms with E-state index in [-0.39, 0.29) is 0 Å². The van der Waals surface area contributed by atoms with Crippen LogP contribution in [-0.2, 0) is 4.74 Å². The predicted molar refractivity (Wildman–Crippen MR) is 51.8 cm³/mol. The second kappa shape index (κ2) is 4.86. The highest BCUT2D eigenvalue weighted by Gasteiger charge is 2.22. The Morgan fingerprint density at radius 1 is 1.50 bits per heavy atom. The van der Waals surface area contributed by atoms with Crippen molar-refractivity contribution in [1.29, 1.82) is 0 Å². The van der Waals surface area contributed by atoms with Gasteiger partial charge in [-0.2, -0.15) is 0 Å². The van der Waals surface area contributed by atoms with Gasteiger partial charge in [0.2, 0.25) is 0 Å². The predicted octanol–water partition coefficient (Wildman–Crippen LogP) is 2.91. The van der Waals surface area contributed by atoms with Crippen LogP contribution < -0.4 is 0 Å². The average molecular weight is 169 g/mol. The minimum Gasteiger partial charge on any atom is -0.384 e. The van der Waals surface area contributed by atoms with Crippen molar-refractivity contribution in [1.82, 2.24) is 0 Å². The summed E-state index contributed by atoms with van der Waals surface area (Å²) in [6.45, 7) is 5.54. The van der Waals surface area contributed by atoms with Crippen molar-refractivity contribution in [3.05, 3.63) is 6.42 Å². The molecule has 1 fully saturated rings. The molecule has 0 aromatic rings. The highest BCUT2D eigenvalue weighted by Crippen LogP contribution is 2.32. The van der Waals surface area contributed by atoms with Crippen molar-refractivity contribution in [2.24, 2.45) is 17.8 Å². The van der Waals surface area contributed by atoms with Gasteiger partial charge < -0.3 is 4.74 Å². The Morgan fingerprint density at radius 3 is 2.75 bits per heavy atom. The Kier molecular flexibility index (Phi) is 4.07. The maximum Gasteiger partial charge on any atom is 0.0490 e. The molecule has 0 amide bonds. The number of hydrogen-bond acceptors (Lipinski definition) is 1. The lowest BCUT2D eigenvalue weighted by Gasteiger charge is -2.30. The van der Waals surface area contributed by atoms with E-state index in [9.17, 15) is 0 Å². The van der Waals surface area contributed by atoms with Gasteiger partial charge in [0.1, 0.15) is 0 Å². The fourth-order valence-electron chi connectivity index (χ4n) is 2.04. The summed E-state index contributed by atoms with van der Waals surface area (Å²) in [6.07, 6.45) is 6.53. The van der Waals surface area contributed by atoms with Crippen LogP contribution in [0.5, 0.6) is 0 Å². The SMILES string of the molecule is COCC(C)C1C[CH]C(C)CC1. The molecule has 0 aliphatic heterocycles. The average Bonchev–Trinajstić information content (AvgIpc) is 2.06. The summed E-state index contributed by atoms with van der Waals surface area (Å²) >= 11 is 0. The Morgan fingerprint density at radius 2 is 2.25 bits per heavy atom. The third-order valence-electron chi connectivity index (χ3n) is 3.07. The molecule has 1 aliphatic carbocycles. The molecule has 3 unspecified atom stereocenters. The van der Waals surface area contributed by atoms with Gasteiger partial charge >= 0.3 is 0 Å². The molecule has 0 aromatic heterocycles. The van der Waals surface area contributed by atoms with E-state index in [4.69, 9.17) is 4.74 Å². The number of ether oxygens (including phenoxy) is 1. The molecule has 71 valence electrons. The van der Waals surface area contributed by atoms with Crippen LogP contribution in [-0.4, -0.2) is 13.7 Å². The first-order valence-electron chi connectivity index (χ1n) is 5.06. The topological polar surface area (TPSA) is 9.23 Å². The molecule has 1 saturated carbocycles. The Balaban J connectivity index is 2.24. The van der Waals surface area contributed by atoms with E-state index in [1.165, 1.54) is 19.3 Å². The van der Waals surface area contributed by atoms with Gasteiger partial charge in [-0.05, 0) is 37.0 Å². The standard InChI is InChI=1S/C11H21O/c1-9-4-6-11(7-5-9)10(2)8-12-3/h4,9-11H,5-8H2,1-3H3. The zero-order valence-electron chi connectivity index (χ0n) is 8.55. The van der Waals surface area contributed by atoms with E-state index in [1.807, 2.05) is 0 Å². The summed E-state index contributed by atoms with van der Waals surface area (Å²) < 4.78 is 5.17. The smallest absolute Gasteiger partial charge is 0.0490 e. The van der Waals surface area contributed by atoms with Crippen LogP contribution in [0.4, 0.5) is 0 Å². The lowest BCUT2D eigenvalue weighted by Crippen LogP contribution is -2.22. The molecule has 1 radical (unpaired) electrons. The van der Waals surface area contributed by atoms with Gasteiger partial charge in [0, 0.05) is 13.7 Å². The zero-order chi connectivity index (χ0) is 8.97. The van der Waals surface area contributed by atoms with Gasteiger partial charge in [-0.25, -0.2) is 0 Å². The zero-order valence-corrected chi connectivity index (χ0v) is 8.55. The molecule has 0 heterocycles. The highest BCUT2D eigenvalue weighted by atomic mass is 16.5. The van der Waals surface area contributed by atoms with Crippen molar-refractivity contribution in [3.63, 3.8) is 0 Å². The van der Waals surface area contributed by atoms with Crippen LogP contribution in [0.25, 0.3) is 0 Å². The monoisotopic (exact) mass is 169 g/mol. The van der Waals surface area contributed by atoms with Crippen LogP contribution in [0.15, 0.2) is 0 Å². The van der Waals surface area contributed by atoms with Crippen molar-refractivity contribution in [3.8, 4) is 0 Å². The maximum absolute atomic E-state index is 5.17. The van der Waals surface area contributed by atoms with Gasteiger partial charge in [-0.15, -0.1) is 0 Å². The van der Waals surface area contributed by atoms with E-state index in [0.717, 1.165) is 24.4 Å². The van der Waals surface area contributed by atoms with Gasteiger partial charge in [-0.1, -0.05) is 20.3 Å². The molecular weight excluding hydrogens is 148 g/mol. The van der Waals surface area contributed by atoms with Crippen LogP contribution in [0.1, 0.15) is 33.1 Å². The summed E-state index contributed by atoms with van der Waals surface area (Å²) in [5.41, 5.74) is 0. The third-order valence-corrected chi connectivity index (χ3v) is 3.07. The first kappa shape index (κ1) is 10.0. The molecule has 0 bridgehead atoms. The minimum absolute atomic E-state index is 0.735. The third kappa shape index (κ3) is 2.78. The lowest BCUT2D eigenvalue weighted by atomic mass is 9.77. The van der Waals surface area contributed by atoms with Crippen molar-refractivity contribution < 1.29 is 4.74 Å². The summed E-state index contributed by atoms with van der Waals surface area (Å²) in [5.74, 6) is 2.45. The quantitative estimate of drug-likeness (QED) is 0.631. The van der Waals surface area contributed by atoms with E-state index >= 15 is 0 Å². The van der Waals surface area contributed by atoms with Gasteiger partial charge in [-0.3, -0.25) is 0 Å². The minimum atomic E-state index is 0.735. The number of hydrogen-bond donors (Lipinski definition) is 0. The van der Waals surface area contributed by atoms with Crippen LogP contribution in [0.2, 0.25) is 0 Å². The fraction of sp³-hybridized carbons (Fsp3) is 0.909. The first-order chi connectivity index (χ1) is 5.74. The molecule has 0 aromatic carbocycles. The van der Waals surface area contributed by atoms with E-state index in [1.54, 1.807) is 7.11 Å². The van der Waals surface area contributed by atoms with Crippen molar-refractivity contribution in [2.45, 2.75) is 33.1 Å². The van der Waals surface area contributed by atoms with E-state index in [2.05, 4.69) is 20.3 Å². The molecular formula is C11H21O. The van der Waals surface area contributed by atoms with Gasteiger partial charge in [0.25, 0.3) is 0 Å². The molecule has 1 heteroatoms. The molecule has 3 atom stereocenters. The second-order valence-electron chi connectivity index (χ2n) is 4.22. The van der Waals surface area contributed by atoms with Gasteiger partial charge in [0.15, 0.2) is 0 Å². The Bertz CT molecular complexity index is 114. The number of rotatable bonds is 3. The van der Waals surface area contributed by atoms with Crippen molar-refractivity contribution >= 4 is 0 Å². The van der Waals surface area contributed by atoms with Crippen LogP contribution in [0, 0.1) is 24.2 Å².